The fourth-order valence-corrected chi connectivity index (χ4v) is 2.99. The Labute approximate surface area is 146 Å². The molecular formula is C19H20FN3O2. The first-order valence-corrected chi connectivity index (χ1v) is 8.27. The van der Waals surface area contributed by atoms with Crippen molar-refractivity contribution in [2.24, 2.45) is 0 Å². The van der Waals surface area contributed by atoms with E-state index in [2.05, 4.69) is 4.98 Å². The molecule has 0 aliphatic carbocycles. The Morgan fingerprint density at radius 2 is 2.12 bits per heavy atom. The Kier molecular flexibility index (Phi) is 5.07. The summed E-state index contributed by atoms with van der Waals surface area (Å²) < 4.78 is 13.4. The fraction of sp³-hybridized carbons (Fsp3) is 0.316. The quantitative estimate of drug-likeness (QED) is 0.840. The highest BCUT2D eigenvalue weighted by Crippen LogP contribution is 2.28. The lowest BCUT2D eigenvalue weighted by atomic mass is 10.0. The van der Waals surface area contributed by atoms with Crippen molar-refractivity contribution in [3.8, 4) is 0 Å². The van der Waals surface area contributed by atoms with Crippen LogP contribution in [0.1, 0.15) is 24.1 Å². The number of rotatable bonds is 5. The largest absolute Gasteiger partial charge is 0.340 e. The van der Waals surface area contributed by atoms with E-state index in [9.17, 15) is 14.0 Å². The molecule has 1 aliphatic heterocycles. The average Bonchev–Trinajstić information content (AvgIpc) is 2.61. The van der Waals surface area contributed by atoms with Gasteiger partial charge in [-0.3, -0.25) is 14.6 Å². The molecule has 0 atom stereocenters. The molecule has 0 radical (unpaired) electrons. The van der Waals surface area contributed by atoms with Gasteiger partial charge in [-0.1, -0.05) is 6.07 Å². The minimum atomic E-state index is -0.306. The van der Waals surface area contributed by atoms with E-state index in [-0.39, 0.29) is 24.1 Å². The van der Waals surface area contributed by atoms with E-state index in [0.29, 0.717) is 31.6 Å². The van der Waals surface area contributed by atoms with Gasteiger partial charge in [-0.05, 0) is 42.3 Å². The van der Waals surface area contributed by atoms with Gasteiger partial charge in [0.05, 0.1) is 12.2 Å². The second-order valence-electron chi connectivity index (χ2n) is 6.14. The van der Waals surface area contributed by atoms with Crippen molar-refractivity contribution in [1.29, 1.82) is 0 Å². The lowest BCUT2D eigenvalue weighted by Crippen LogP contribution is -2.38. The van der Waals surface area contributed by atoms with Crippen LogP contribution in [0.15, 0.2) is 42.6 Å². The summed E-state index contributed by atoms with van der Waals surface area (Å²) in [5, 5.41) is 0. The van der Waals surface area contributed by atoms with Crippen molar-refractivity contribution in [1.82, 2.24) is 9.88 Å². The zero-order valence-electron chi connectivity index (χ0n) is 14.1. The number of benzene rings is 1. The molecule has 1 aromatic heterocycles. The van der Waals surface area contributed by atoms with Crippen LogP contribution in [0, 0.1) is 5.82 Å². The molecule has 2 amide bonds. The van der Waals surface area contributed by atoms with Gasteiger partial charge in [0.25, 0.3) is 0 Å². The molecule has 6 heteroatoms. The number of aromatic nitrogens is 1. The van der Waals surface area contributed by atoms with E-state index in [1.54, 1.807) is 29.1 Å². The van der Waals surface area contributed by atoms with Gasteiger partial charge in [0.15, 0.2) is 0 Å². The number of hydrogen-bond acceptors (Lipinski definition) is 3. The minimum Gasteiger partial charge on any atom is -0.340 e. The molecule has 0 saturated carbocycles. The first kappa shape index (κ1) is 17.1. The summed E-state index contributed by atoms with van der Waals surface area (Å²) in [4.78, 5) is 32.0. The standard InChI is InChI=1S/C19H20FN3O2/c1-22(13-16-4-2-3-10-21-16)18(24)9-11-23-17-7-6-15(20)12-14(17)5-8-19(23)25/h2-4,6-7,10,12H,5,8-9,11,13H2,1H3. The number of halogens is 1. The van der Waals surface area contributed by atoms with Crippen molar-refractivity contribution in [2.75, 3.05) is 18.5 Å². The molecule has 130 valence electrons. The van der Waals surface area contributed by atoms with Crippen LogP contribution >= 0.6 is 0 Å². The maximum absolute atomic E-state index is 13.4. The number of hydrogen-bond donors (Lipinski definition) is 0. The van der Waals surface area contributed by atoms with Gasteiger partial charge in [-0.15, -0.1) is 0 Å². The smallest absolute Gasteiger partial charge is 0.227 e. The number of amides is 2. The first-order valence-electron chi connectivity index (χ1n) is 8.27. The van der Waals surface area contributed by atoms with E-state index >= 15 is 0 Å². The van der Waals surface area contributed by atoms with Gasteiger partial charge in [0, 0.05) is 38.3 Å². The molecule has 3 rings (SSSR count). The van der Waals surface area contributed by atoms with Crippen molar-refractivity contribution in [2.45, 2.75) is 25.8 Å². The van der Waals surface area contributed by atoms with Crippen LogP contribution in [0.25, 0.3) is 0 Å². The Morgan fingerprint density at radius 3 is 2.88 bits per heavy atom. The van der Waals surface area contributed by atoms with Gasteiger partial charge < -0.3 is 9.80 Å². The molecular weight excluding hydrogens is 321 g/mol. The van der Waals surface area contributed by atoms with Gasteiger partial charge in [0.2, 0.25) is 11.8 Å². The van der Waals surface area contributed by atoms with E-state index in [4.69, 9.17) is 0 Å². The maximum atomic E-state index is 13.4. The molecule has 25 heavy (non-hydrogen) atoms. The van der Waals surface area contributed by atoms with Gasteiger partial charge in [-0.2, -0.15) is 0 Å². The molecule has 0 N–H and O–H groups in total. The summed E-state index contributed by atoms with van der Waals surface area (Å²) in [5.74, 6) is -0.397. The predicted molar refractivity (Wildman–Crippen MR) is 92.4 cm³/mol. The Morgan fingerprint density at radius 1 is 1.28 bits per heavy atom. The highest BCUT2D eigenvalue weighted by molar-refractivity contribution is 5.97. The summed E-state index contributed by atoms with van der Waals surface area (Å²) in [6.07, 6.45) is 2.78. The summed E-state index contributed by atoms with van der Waals surface area (Å²) in [6.45, 7) is 0.721. The topological polar surface area (TPSA) is 53.5 Å². The van der Waals surface area contributed by atoms with Crippen LogP contribution in [0.2, 0.25) is 0 Å². The number of anilines is 1. The van der Waals surface area contributed by atoms with E-state index in [1.165, 1.54) is 12.1 Å². The highest BCUT2D eigenvalue weighted by Gasteiger charge is 2.25. The van der Waals surface area contributed by atoms with Crippen LogP contribution in [-0.4, -0.2) is 35.3 Å². The van der Waals surface area contributed by atoms with Gasteiger partial charge >= 0.3 is 0 Å². The van der Waals surface area contributed by atoms with E-state index in [0.717, 1.165) is 11.3 Å². The molecule has 1 aromatic carbocycles. The van der Waals surface area contributed by atoms with Crippen LogP contribution in [0.4, 0.5) is 10.1 Å². The lowest BCUT2D eigenvalue weighted by molar-refractivity contribution is -0.130. The average molecular weight is 341 g/mol. The summed E-state index contributed by atoms with van der Waals surface area (Å²) >= 11 is 0. The highest BCUT2D eigenvalue weighted by atomic mass is 19.1. The zero-order valence-corrected chi connectivity index (χ0v) is 14.1. The molecule has 0 saturated heterocycles. The van der Waals surface area contributed by atoms with Crippen molar-refractivity contribution < 1.29 is 14.0 Å². The van der Waals surface area contributed by atoms with Crippen LogP contribution in [0.3, 0.4) is 0 Å². The third-order valence-electron chi connectivity index (χ3n) is 4.34. The molecule has 0 spiro atoms. The van der Waals surface area contributed by atoms with Crippen molar-refractivity contribution in [3.63, 3.8) is 0 Å². The number of carbonyl (C=O) groups excluding carboxylic acids is 2. The summed E-state index contributed by atoms with van der Waals surface area (Å²) in [5.41, 5.74) is 2.33. The molecule has 5 nitrogen and oxygen atoms in total. The number of nitrogens with zero attached hydrogens (tertiary/aromatic N) is 3. The van der Waals surface area contributed by atoms with Crippen LogP contribution < -0.4 is 4.90 Å². The molecule has 0 fully saturated rings. The van der Waals surface area contributed by atoms with Gasteiger partial charge in [-0.25, -0.2) is 4.39 Å². The lowest BCUT2D eigenvalue weighted by Gasteiger charge is -2.30. The predicted octanol–water partition coefficient (Wildman–Crippen LogP) is 2.55. The molecule has 0 bridgehead atoms. The Bertz CT molecular complexity index is 779. The molecule has 1 aliphatic rings. The zero-order chi connectivity index (χ0) is 17.8. The number of pyridine rings is 1. The first-order chi connectivity index (χ1) is 12.0. The van der Waals surface area contributed by atoms with Crippen molar-refractivity contribution >= 4 is 17.5 Å². The third-order valence-corrected chi connectivity index (χ3v) is 4.34. The van der Waals surface area contributed by atoms with Crippen LogP contribution in [-0.2, 0) is 22.6 Å². The SMILES string of the molecule is CN(Cc1ccccn1)C(=O)CCN1C(=O)CCc2cc(F)ccc21. The van der Waals surface area contributed by atoms with E-state index < -0.39 is 0 Å². The van der Waals surface area contributed by atoms with Gasteiger partial charge in [0.1, 0.15) is 5.82 Å². The Balaban J connectivity index is 1.63. The molecule has 0 unspecified atom stereocenters. The van der Waals surface area contributed by atoms with E-state index in [1.807, 2.05) is 18.2 Å². The van der Waals surface area contributed by atoms with Crippen LogP contribution in [0.5, 0.6) is 0 Å². The normalized spacial score (nSPS) is 13.5. The second kappa shape index (κ2) is 7.42. The number of carbonyl (C=O) groups is 2. The third kappa shape index (κ3) is 4.02. The molecule has 2 heterocycles. The summed E-state index contributed by atoms with van der Waals surface area (Å²) in [7, 11) is 1.72. The summed E-state index contributed by atoms with van der Waals surface area (Å²) in [6, 6.07) is 9.99. The maximum Gasteiger partial charge on any atom is 0.227 e. The molecule has 2 aromatic rings. The fourth-order valence-electron chi connectivity index (χ4n) is 2.99. The Hall–Kier alpha value is -2.76. The number of aryl methyl sites for hydroxylation is 1. The second-order valence-corrected chi connectivity index (χ2v) is 6.14. The number of fused-ring (bicyclic) bond motifs is 1. The minimum absolute atomic E-state index is 0.0284. The van der Waals surface area contributed by atoms with Crippen molar-refractivity contribution in [3.05, 3.63) is 59.7 Å². The monoisotopic (exact) mass is 341 g/mol.